The minimum atomic E-state index is -1.10. The van der Waals surface area contributed by atoms with Gasteiger partial charge in [-0.15, -0.1) is 0 Å². The van der Waals surface area contributed by atoms with Crippen LogP contribution in [0.25, 0.3) is 0 Å². The van der Waals surface area contributed by atoms with Crippen molar-refractivity contribution in [3.05, 3.63) is 0 Å². The Morgan fingerprint density at radius 1 is 0.810 bits per heavy atom. The fraction of sp³-hybridized carbons (Fsp3) is 1.00. The highest BCUT2D eigenvalue weighted by Gasteiger charge is 2.64. The molecule has 3 N–H and O–H groups in total. The molecule has 7 atom stereocenters. The summed E-state index contributed by atoms with van der Waals surface area (Å²) in [5.74, 6) is 0. The number of unbranched alkanes of at least 4 members (excludes halogenated alkanes) is 4. The molecule has 1 aliphatic carbocycles. The van der Waals surface area contributed by atoms with Gasteiger partial charge in [0.2, 0.25) is 0 Å². The summed E-state index contributed by atoms with van der Waals surface area (Å²) in [7, 11) is 0. The Bertz CT molecular complexity index is 315. The van der Waals surface area contributed by atoms with Gasteiger partial charge in [0.05, 0.1) is 18.2 Å². The predicted octanol–water partition coefficient (Wildman–Crippen LogP) is 0.901. The standard InChI is InChI=1S/C16H31NO4/c1-3-5-7-8-9-17-11-12(17)16(21-10-6-4-2)15(20)14(19)13(11)18/h11-16,18-20H,3-10H2,1-2H3. The van der Waals surface area contributed by atoms with Gasteiger partial charge < -0.3 is 20.1 Å². The topological polar surface area (TPSA) is 72.9 Å². The average molecular weight is 301 g/mol. The first-order valence-corrected chi connectivity index (χ1v) is 8.55. The van der Waals surface area contributed by atoms with Gasteiger partial charge in [0, 0.05) is 6.61 Å². The van der Waals surface area contributed by atoms with E-state index in [9.17, 15) is 15.3 Å². The lowest BCUT2D eigenvalue weighted by Crippen LogP contribution is -2.54. The number of hydrogen-bond acceptors (Lipinski definition) is 5. The van der Waals surface area contributed by atoms with E-state index in [0.29, 0.717) is 6.61 Å². The van der Waals surface area contributed by atoms with Crippen LogP contribution >= 0.6 is 0 Å². The van der Waals surface area contributed by atoms with E-state index >= 15 is 0 Å². The Hall–Kier alpha value is -0.200. The summed E-state index contributed by atoms with van der Waals surface area (Å²) < 4.78 is 5.80. The van der Waals surface area contributed by atoms with Crippen molar-refractivity contribution in [1.29, 1.82) is 0 Å². The molecule has 7 unspecified atom stereocenters. The van der Waals surface area contributed by atoms with Crippen molar-refractivity contribution in [3.63, 3.8) is 0 Å². The van der Waals surface area contributed by atoms with Gasteiger partial charge in [-0.1, -0.05) is 39.5 Å². The molecule has 2 rings (SSSR count). The molecular formula is C16H31NO4. The Morgan fingerprint density at radius 3 is 2.19 bits per heavy atom. The second-order valence-corrected chi connectivity index (χ2v) is 6.44. The molecule has 0 spiro atoms. The van der Waals surface area contributed by atoms with Crippen LogP contribution in [0, 0.1) is 0 Å². The van der Waals surface area contributed by atoms with Crippen LogP contribution in [0.5, 0.6) is 0 Å². The van der Waals surface area contributed by atoms with Gasteiger partial charge in [-0.25, -0.2) is 0 Å². The van der Waals surface area contributed by atoms with Crippen molar-refractivity contribution in [2.45, 2.75) is 88.9 Å². The van der Waals surface area contributed by atoms with Crippen molar-refractivity contribution in [3.8, 4) is 0 Å². The van der Waals surface area contributed by atoms with Gasteiger partial charge >= 0.3 is 0 Å². The van der Waals surface area contributed by atoms with Crippen LogP contribution in [-0.2, 0) is 4.74 Å². The normalized spacial score (nSPS) is 41.9. The van der Waals surface area contributed by atoms with E-state index in [1.165, 1.54) is 19.3 Å². The van der Waals surface area contributed by atoms with Crippen LogP contribution in [-0.4, -0.2) is 69.9 Å². The molecule has 1 aliphatic heterocycles. The zero-order valence-corrected chi connectivity index (χ0v) is 13.3. The van der Waals surface area contributed by atoms with E-state index in [1.807, 2.05) is 0 Å². The number of aliphatic hydroxyl groups is 3. The molecule has 21 heavy (non-hydrogen) atoms. The summed E-state index contributed by atoms with van der Waals surface area (Å²) in [6, 6.07) is 0.0218. The summed E-state index contributed by atoms with van der Waals surface area (Å²) in [5.41, 5.74) is 0. The molecule has 1 heterocycles. The summed E-state index contributed by atoms with van der Waals surface area (Å²) in [4.78, 5) is 2.19. The monoisotopic (exact) mass is 301 g/mol. The number of fused-ring (bicyclic) bond motifs is 1. The van der Waals surface area contributed by atoms with Gasteiger partial charge in [-0.2, -0.15) is 0 Å². The quantitative estimate of drug-likeness (QED) is 0.436. The minimum Gasteiger partial charge on any atom is -0.389 e. The predicted molar refractivity (Wildman–Crippen MR) is 81.1 cm³/mol. The molecule has 0 aromatic heterocycles. The first-order chi connectivity index (χ1) is 10.1. The highest BCUT2D eigenvalue weighted by atomic mass is 16.5. The fourth-order valence-corrected chi connectivity index (χ4v) is 3.48. The summed E-state index contributed by atoms with van der Waals surface area (Å²) in [6.45, 7) is 5.80. The zero-order valence-electron chi connectivity index (χ0n) is 13.3. The maximum Gasteiger partial charge on any atom is 0.110 e. The lowest BCUT2D eigenvalue weighted by atomic mass is 9.89. The maximum atomic E-state index is 10.2. The van der Waals surface area contributed by atoms with Crippen LogP contribution in [0.1, 0.15) is 52.4 Å². The van der Waals surface area contributed by atoms with Crippen LogP contribution in [0.2, 0.25) is 0 Å². The van der Waals surface area contributed by atoms with E-state index < -0.39 is 18.3 Å². The van der Waals surface area contributed by atoms with Crippen LogP contribution < -0.4 is 0 Å². The van der Waals surface area contributed by atoms with E-state index in [2.05, 4.69) is 18.7 Å². The largest absolute Gasteiger partial charge is 0.389 e. The summed E-state index contributed by atoms with van der Waals surface area (Å²) >= 11 is 0. The Kier molecular flexibility index (Phi) is 6.44. The molecule has 0 amide bonds. The van der Waals surface area contributed by atoms with E-state index in [0.717, 1.165) is 25.8 Å². The first-order valence-electron chi connectivity index (χ1n) is 8.55. The molecule has 5 heteroatoms. The van der Waals surface area contributed by atoms with Gasteiger partial charge in [-0.05, 0) is 19.4 Å². The Morgan fingerprint density at radius 2 is 1.52 bits per heavy atom. The molecule has 2 fully saturated rings. The summed E-state index contributed by atoms with van der Waals surface area (Å²) in [6.07, 6.45) is 3.41. The molecule has 5 nitrogen and oxygen atoms in total. The van der Waals surface area contributed by atoms with E-state index in [-0.39, 0.29) is 18.2 Å². The van der Waals surface area contributed by atoms with Crippen molar-refractivity contribution in [1.82, 2.24) is 4.90 Å². The minimum absolute atomic E-state index is 0.0448. The van der Waals surface area contributed by atoms with Crippen molar-refractivity contribution >= 4 is 0 Å². The number of ether oxygens (including phenoxy) is 1. The molecule has 0 radical (unpaired) electrons. The number of likely N-dealkylation sites (tertiary alicyclic amines) is 1. The molecular weight excluding hydrogens is 270 g/mol. The molecule has 0 bridgehead atoms. The van der Waals surface area contributed by atoms with Crippen LogP contribution in [0.15, 0.2) is 0 Å². The zero-order chi connectivity index (χ0) is 15.4. The lowest BCUT2D eigenvalue weighted by molar-refractivity contribution is -0.140. The molecule has 0 aromatic rings. The van der Waals surface area contributed by atoms with E-state index in [4.69, 9.17) is 4.74 Å². The SMILES string of the molecule is CCCCCCN1C2C(O)C(O)C(O)C(OCCCC)C21. The molecule has 1 saturated carbocycles. The van der Waals surface area contributed by atoms with Crippen molar-refractivity contribution in [2.24, 2.45) is 0 Å². The van der Waals surface area contributed by atoms with Crippen molar-refractivity contribution < 1.29 is 20.1 Å². The van der Waals surface area contributed by atoms with Gasteiger partial charge in [0.25, 0.3) is 0 Å². The maximum absolute atomic E-state index is 10.2. The highest BCUT2D eigenvalue weighted by Crippen LogP contribution is 2.42. The number of nitrogens with zero attached hydrogens (tertiary/aromatic N) is 1. The first kappa shape index (κ1) is 17.2. The molecule has 124 valence electrons. The number of hydrogen-bond donors (Lipinski definition) is 3. The average Bonchev–Trinajstić information content (AvgIpc) is 3.19. The van der Waals surface area contributed by atoms with Gasteiger partial charge in [0.15, 0.2) is 0 Å². The van der Waals surface area contributed by atoms with E-state index in [1.54, 1.807) is 0 Å². The third-order valence-electron chi connectivity index (χ3n) is 4.83. The molecule has 2 aliphatic rings. The molecule has 1 saturated heterocycles. The van der Waals surface area contributed by atoms with Gasteiger partial charge in [0.1, 0.15) is 18.3 Å². The van der Waals surface area contributed by atoms with Crippen molar-refractivity contribution in [2.75, 3.05) is 13.2 Å². The fourth-order valence-electron chi connectivity index (χ4n) is 3.48. The Labute approximate surface area is 127 Å². The Balaban J connectivity index is 1.88. The second kappa shape index (κ2) is 7.88. The smallest absolute Gasteiger partial charge is 0.110 e. The second-order valence-electron chi connectivity index (χ2n) is 6.44. The van der Waals surface area contributed by atoms with Crippen LogP contribution in [0.4, 0.5) is 0 Å². The number of aliphatic hydroxyl groups excluding tert-OH is 3. The third-order valence-corrected chi connectivity index (χ3v) is 4.83. The molecule has 0 aromatic carbocycles. The highest BCUT2D eigenvalue weighted by molar-refractivity contribution is 5.18. The van der Waals surface area contributed by atoms with Gasteiger partial charge in [-0.3, -0.25) is 4.90 Å². The number of rotatable bonds is 9. The lowest BCUT2D eigenvalue weighted by Gasteiger charge is -2.33. The third kappa shape index (κ3) is 3.77. The summed E-state index contributed by atoms with van der Waals surface area (Å²) in [5, 5.41) is 30.3. The van der Waals surface area contributed by atoms with Crippen LogP contribution in [0.3, 0.4) is 0 Å².